The highest BCUT2D eigenvalue weighted by atomic mass is 32.2. The van der Waals surface area contributed by atoms with Crippen LogP contribution >= 0.6 is 11.8 Å². The molecule has 2 amide bonds. The minimum Gasteiger partial charge on any atom is -0.398 e. The number of hydrogen-bond acceptors (Lipinski definition) is 6. The van der Waals surface area contributed by atoms with E-state index in [1.807, 2.05) is 79.7 Å². The summed E-state index contributed by atoms with van der Waals surface area (Å²) in [4.78, 5) is 13.0. The van der Waals surface area contributed by atoms with Gasteiger partial charge in [-0.15, -0.1) is 11.8 Å². The number of nitrogens with one attached hydrogen (secondary N) is 2. The number of rotatable bonds is 8. The SMILES string of the molecule is CCNC(=O)Nc1cccc(C2O[C@H](CSc3ccccc3N)[C@H](C)[C@H](c3ccc(CO)cc3)O2)c1. The molecular weight excluding hydrogens is 474 g/mol. The zero-order chi connectivity index (χ0) is 25.5. The number of hydrogen-bond donors (Lipinski definition) is 4. The maximum absolute atomic E-state index is 12.0. The van der Waals surface area contributed by atoms with E-state index in [1.54, 1.807) is 11.8 Å². The molecule has 0 spiro atoms. The molecule has 36 heavy (non-hydrogen) atoms. The summed E-state index contributed by atoms with van der Waals surface area (Å²) in [5.41, 5.74) is 10.3. The number of nitrogen functional groups attached to an aromatic ring is 1. The van der Waals surface area contributed by atoms with Crippen LogP contribution in [0.2, 0.25) is 0 Å². The summed E-state index contributed by atoms with van der Waals surface area (Å²) in [7, 11) is 0. The van der Waals surface area contributed by atoms with Crippen molar-refractivity contribution in [2.24, 2.45) is 5.92 Å². The Morgan fingerprint density at radius 2 is 1.81 bits per heavy atom. The van der Waals surface area contributed by atoms with Crippen LogP contribution in [0.4, 0.5) is 16.2 Å². The van der Waals surface area contributed by atoms with Crippen molar-refractivity contribution >= 4 is 29.2 Å². The van der Waals surface area contributed by atoms with Crippen LogP contribution in [-0.2, 0) is 16.1 Å². The highest BCUT2D eigenvalue weighted by Crippen LogP contribution is 2.43. The summed E-state index contributed by atoms with van der Waals surface area (Å²) in [5, 5.41) is 15.0. The first kappa shape index (κ1) is 26.0. The van der Waals surface area contributed by atoms with E-state index in [0.29, 0.717) is 18.0 Å². The standard InChI is InChI=1S/C28H33N3O4S/c1-3-30-28(33)31-22-8-6-7-21(15-22)27-34-24(17-36-25-10-5-4-9-23(25)29)18(2)26(35-27)20-13-11-19(16-32)12-14-20/h4-15,18,24,26-27,32H,3,16-17,29H2,1-2H3,(H2,30,31,33)/t18-,24+,26+,27?/m0/s1. The van der Waals surface area contributed by atoms with Gasteiger partial charge in [-0.3, -0.25) is 0 Å². The lowest BCUT2D eigenvalue weighted by atomic mass is 9.91. The molecule has 1 saturated heterocycles. The van der Waals surface area contributed by atoms with Gasteiger partial charge in [-0.05, 0) is 42.3 Å². The van der Waals surface area contributed by atoms with E-state index in [9.17, 15) is 9.90 Å². The van der Waals surface area contributed by atoms with Crippen molar-refractivity contribution in [2.45, 2.75) is 43.8 Å². The molecule has 1 heterocycles. The second kappa shape index (κ2) is 12.3. The van der Waals surface area contributed by atoms with Gasteiger partial charge in [0.1, 0.15) is 0 Å². The lowest BCUT2D eigenvalue weighted by Gasteiger charge is -2.41. The number of urea groups is 1. The Bertz CT molecular complexity index is 1160. The average molecular weight is 508 g/mol. The van der Waals surface area contributed by atoms with Gasteiger partial charge in [0, 0.05) is 40.0 Å². The van der Waals surface area contributed by atoms with Gasteiger partial charge in [-0.2, -0.15) is 0 Å². The van der Waals surface area contributed by atoms with Crippen LogP contribution in [0.5, 0.6) is 0 Å². The number of thioether (sulfide) groups is 1. The van der Waals surface area contributed by atoms with Gasteiger partial charge in [0.2, 0.25) is 0 Å². The molecule has 0 aromatic heterocycles. The molecule has 1 aliphatic heterocycles. The van der Waals surface area contributed by atoms with Gasteiger partial charge in [0.15, 0.2) is 6.29 Å². The maximum atomic E-state index is 12.0. The first-order chi connectivity index (χ1) is 17.5. The van der Waals surface area contributed by atoms with E-state index in [0.717, 1.165) is 27.3 Å². The van der Waals surface area contributed by atoms with Crippen LogP contribution in [0.15, 0.2) is 77.7 Å². The highest BCUT2D eigenvalue weighted by molar-refractivity contribution is 7.99. The number of aliphatic hydroxyl groups excluding tert-OH is 1. The normalized spacial score (nSPS) is 21.6. The second-order valence-corrected chi connectivity index (χ2v) is 9.84. The van der Waals surface area contributed by atoms with Gasteiger partial charge in [0.05, 0.1) is 18.8 Å². The lowest BCUT2D eigenvalue weighted by Crippen LogP contribution is -2.38. The number of amides is 2. The molecule has 0 bridgehead atoms. The largest absolute Gasteiger partial charge is 0.398 e. The van der Waals surface area contributed by atoms with Crippen molar-refractivity contribution < 1.29 is 19.4 Å². The second-order valence-electron chi connectivity index (χ2n) is 8.78. The Kier molecular flexibility index (Phi) is 8.88. The molecule has 0 radical (unpaired) electrons. The molecule has 190 valence electrons. The third-order valence-corrected chi connectivity index (χ3v) is 7.38. The topological polar surface area (TPSA) is 106 Å². The first-order valence-corrected chi connectivity index (χ1v) is 13.1. The van der Waals surface area contributed by atoms with E-state index in [2.05, 4.69) is 17.6 Å². The third kappa shape index (κ3) is 6.39. The molecular formula is C28H33N3O4S. The molecule has 4 rings (SSSR count). The van der Waals surface area contributed by atoms with E-state index < -0.39 is 6.29 Å². The van der Waals surface area contributed by atoms with Crippen LogP contribution < -0.4 is 16.4 Å². The molecule has 1 unspecified atom stereocenters. The van der Waals surface area contributed by atoms with Crippen LogP contribution in [0.3, 0.4) is 0 Å². The third-order valence-electron chi connectivity index (χ3n) is 6.20. The summed E-state index contributed by atoms with van der Waals surface area (Å²) in [6.07, 6.45) is -0.940. The Balaban J connectivity index is 1.59. The summed E-state index contributed by atoms with van der Waals surface area (Å²) in [6.45, 7) is 4.54. The average Bonchev–Trinajstić information content (AvgIpc) is 2.89. The number of nitrogens with two attached hydrogens (primary N) is 1. The maximum Gasteiger partial charge on any atom is 0.319 e. The number of carbonyl (C=O) groups excluding carboxylic acids is 1. The number of ether oxygens (including phenoxy) is 2. The number of aliphatic hydroxyl groups is 1. The van der Waals surface area contributed by atoms with Crippen molar-refractivity contribution in [3.05, 3.63) is 89.5 Å². The van der Waals surface area contributed by atoms with Gasteiger partial charge < -0.3 is 30.9 Å². The van der Waals surface area contributed by atoms with Crippen molar-refractivity contribution in [3.8, 4) is 0 Å². The lowest BCUT2D eigenvalue weighted by molar-refractivity contribution is -0.268. The van der Waals surface area contributed by atoms with E-state index in [-0.39, 0.29) is 30.8 Å². The van der Waals surface area contributed by atoms with Crippen molar-refractivity contribution in [1.29, 1.82) is 0 Å². The highest BCUT2D eigenvalue weighted by Gasteiger charge is 2.38. The molecule has 1 fully saturated rings. The van der Waals surface area contributed by atoms with E-state index in [4.69, 9.17) is 15.2 Å². The van der Waals surface area contributed by atoms with Crippen molar-refractivity contribution in [2.75, 3.05) is 23.3 Å². The molecule has 0 saturated carbocycles. The molecule has 1 aliphatic rings. The van der Waals surface area contributed by atoms with Crippen molar-refractivity contribution in [3.63, 3.8) is 0 Å². The van der Waals surface area contributed by atoms with Crippen LogP contribution in [0.1, 0.15) is 42.9 Å². The Labute approximate surface area is 216 Å². The number of carbonyl (C=O) groups is 1. The Hall–Kier alpha value is -3.04. The van der Waals surface area contributed by atoms with Crippen LogP contribution in [0, 0.1) is 5.92 Å². The smallest absolute Gasteiger partial charge is 0.319 e. The predicted molar refractivity (Wildman–Crippen MR) is 144 cm³/mol. The zero-order valence-corrected chi connectivity index (χ0v) is 21.3. The summed E-state index contributed by atoms with van der Waals surface area (Å²) in [5.74, 6) is 0.771. The van der Waals surface area contributed by atoms with Crippen molar-refractivity contribution in [1.82, 2.24) is 5.32 Å². The first-order valence-electron chi connectivity index (χ1n) is 12.1. The fraction of sp³-hybridized carbons (Fsp3) is 0.321. The minimum atomic E-state index is -0.613. The van der Waals surface area contributed by atoms with Crippen LogP contribution in [-0.4, -0.2) is 29.5 Å². The quantitative estimate of drug-likeness (QED) is 0.237. The predicted octanol–water partition coefficient (Wildman–Crippen LogP) is 5.49. The summed E-state index contributed by atoms with van der Waals surface area (Å²) in [6, 6.07) is 22.9. The number of para-hydroxylation sites is 1. The zero-order valence-electron chi connectivity index (χ0n) is 20.5. The Morgan fingerprint density at radius 3 is 2.53 bits per heavy atom. The molecule has 4 atom stereocenters. The molecule has 3 aromatic carbocycles. The monoisotopic (exact) mass is 507 g/mol. The van der Waals surface area contributed by atoms with E-state index in [1.165, 1.54) is 0 Å². The fourth-order valence-electron chi connectivity index (χ4n) is 4.19. The van der Waals surface area contributed by atoms with Gasteiger partial charge in [0.25, 0.3) is 0 Å². The molecule has 5 N–H and O–H groups in total. The number of anilines is 2. The number of benzene rings is 3. The summed E-state index contributed by atoms with van der Waals surface area (Å²) >= 11 is 1.67. The van der Waals surface area contributed by atoms with Gasteiger partial charge in [-0.25, -0.2) is 4.79 Å². The molecule has 8 heteroatoms. The fourth-order valence-corrected chi connectivity index (χ4v) is 5.33. The molecule has 0 aliphatic carbocycles. The molecule has 7 nitrogen and oxygen atoms in total. The van der Waals surface area contributed by atoms with Gasteiger partial charge in [-0.1, -0.05) is 55.5 Å². The Morgan fingerprint density at radius 1 is 1.03 bits per heavy atom. The van der Waals surface area contributed by atoms with Gasteiger partial charge >= 0.3 is 6.03 Å². The summed E-state index contributed by atoms with van der Waals surface area (Å²) < 4.78 is 13.0. The minimum absolute atomic E-state index is 0.00371. The molecule has 3 aromatic rings. The van der Waals surface area contributed by atoms with E-state index >= 15 is 0 Å². The van der Waals surface area contributed by atoms with Crippen LogP contribution in [0.25, 0.3) is 0 Å².